The van der Waals surface area contributed by atoms with E-state index < -0.39 is 17.9 Å². The van der Waals surface area contributed by atoms with Crippen molar-refractivity contribution in [2.45, 2.75) is 19.8 Å². The number of hydrogen-bond acceptors (Lipinski definition) is 3. The van der Waals surface area contributed by atoms with Crippen LogP contribution in [0.15, 0.2) is 30.5 Å². The largest absolute Gasteiger partial charge is 0.573 e. The number of nitrogens with zero attached hydrogens (tertiary/aromatic N) is 2. The summed E-state index contributed by atoms with van der Waals surface area (Å²) in [5.41, 5.74) is 0.394. The number of ether oxygens (including phenoxy) is 1. The predicted molar refractivity (Wildman–Crippen MR) is 69.5 cm³/mol. The molecule has 1 heterocycles. The molecule has 1 aromatic heterocycles. The normalized spacial score (nSPS) is 11.5. The Morgan fingerprint density at radius 1 is 1.33 bits per heavy atom. The van der Waals surface area contributed by atoms with Gasteiger partial charge in [0.2, 0.25) is 5.78 Å². The molecule has 0 aliphatic carbocycles. The standard InChI is InChI=1S/C13H10ClF3N2O2/c1-2-19-11(10(14)7-18-19)12(20)8-3-5-9(6-4-8)21-13(15,16)17/h3-7H,2H2,1H3. The third kappa shape index (κ3) is 3.55. The van der Waals surface area contributed by atoms with Crippen molar-refractivity contribution in [3.63, 3.8) is 0 Å². The molecule has 0 aliphatic rings. The molecule has 21 heavy (non-hydrogen) atoms. The van der Waals surface area contributed by atoms with E-state index in [1.54, 1.807) is 6.92 Å². The van der Waals surface area contributed by atoms with Gasteiger partial charge in [-0.1, -0.05) is 11.6 Å². The van der Waals surface area contributed by atoms with E-state index in [4.69, 9.17) is 11.6 Å². The van der Waals surface area contributed by atoms with E-state index in [2.05, 4.69) is 9.84 Å². The van der Waals surface area contributed by atoms with Gasteiger partial charge in [-0.2, -0.15) is 5.10 Å². The van der Waals surface area contributed by atoms with Crippen molar-refractivity contribution in [3.05, 3.63) is 46.7 Å². The minimum atomic E-state index is -4.77. The van der Waals surface area contributed by atoms with Crippen LogP contribution in [0.25, 0.3) is 0 Å². The smallest absolute Gasteiger partial charge is 0.406 e. The molecule has 0 N–H and O–H groups in total. The SMILES string of the molecule is CCn1ncc(Cl)c1C(=O)c1ccc(OC(F)(F)F)cc1. The molecule has 0 saturated heterocycles. The van der Waals surface area contributed by atoms with Crippen LogP contribution in [0.5, 0.6) is 5.75 Å². The number of hydrogen-bond donors (Lipinski definition) is 0. The summed E-state index contributed by atoms with van der Waals surface area (Å²) in [6, 6.07) is 4.63. The monoisotopic (exact) mass is 318 g/mol. The Kier molecular flexibility index (Phi) is 4.22. The van der Waals surface area contributed by atoms with E-state index in [1.165, 1.54) is 23.0 Å². The van der Waals surface area contributed by atoms with Crippen molar-refractivity contribution < 1.29 is 22.7 Å². The van der Waals surface area contributed by atoms with Crippen LogP contribution >= 0.6 is 11.6 Å². The number of aromatic nitrogens is 2. The van der Waals surface area contributed by atoms with Gasteiger partial charge in [0.15, 0.2) is 0 Å². The average Bonchev–Trinajstić information content (AvgIpc) is 2.78. The summed E-state index contributed by atoms with van der Waals surface area (Å²) < 4.78 is 41.3. The summed E-state index contributed by atoms with van der Waals surface area (Å²) in [6.07, 6.45) is -3.42. The molecule has 2 aromatic rings. The molecule has 0 radical (unpaired) electrons. The average molecular weight is 319 g/mol. The van der Waals surface area contributed by atoms with E-state index in [0.29, 0.717) is 6.54 Å². The zero-order valence-corrected chi connectivity index (χ0v) is 11.6. The van der Waals surface area contributed by atoms with Crippen molar-refractivity contribution in [2.75, 3.05) is 0 Å². The fourth-order valence-electron chi connectivity index (χ4n) is 1.77. The van der Waals surface area contributed by atoms with Gasteiger partial charge in [-0.15, -0.1) is 13.2 Å². The maximum absolute atomic E-state index is 12.3. The Labute approximate surface area is 123 Å². The summed E-state index contributed by atoms with van der Waals surface area (Å²) in [7, 11) is 0. The number of aryl methyl sites for hydroxylation is 1. The quantitative estimate of drug-likeness (QED) is 0.808. The molecule has 2 rings (SSSR count). The van der Waals surface area contributed by atoms with Gasteiger partial charge in [0.05, 0.1) is 11.2 Å². The molecular formula is C13H10ClF3N2O2. The Hall–Kier alpha value is -2.02. The number of ketones is 1. The lowest BCUT2D eigenvalue weighted by atomic mass is 10.1. The van der Waals surface area contributed by atoms with Crippen LogP contribution in [-0.4, -0.2) is 21.9 Å². The number of alkyl halides is 3. The van der Waals surface area contributed by atoms with Crippen LogP contribution in [-0.2, 0) is 6.54 Å². The number of rotatable bonds is 4. The highest BCUT2D eigenvalue weighted by atomic mass is 35.5. The summed E-state index contributed by atoms with van der Waals surface area (Å²) in [6.45, 7) is 2.24. The zero-order valence-electron chi connectivity index (χ0n) is 10.8. The lowest BCUT2D eigenvalue weighted by molar-refractivity contribution is -0.274. The Bertz CT molecular complexity index is 650. The number of carbonyl (C=O) groups excluding carboxylic acids is 1. The molecule has 1 aromatic carbocycles. The van der Waals surface area contributed by atoms with Crippen molar-refractivity contribution in [1.82, 2.24) is 9.78 Å². The van der Waals surface area contributed by atoms with E-state index in [-0.39, 0.29) is 16.3 Å². The Morgan fingerprint density at radius 2 is 1.95 bits per heavy atom. The first kappa shape index (κ1) is 15.4. The minimum Gasteiger partial charge on any atom is -0.406 e. The Morgan fingerprint density at radius 3 is 2.48 bits per heavy atom. The van der Waals surface area contributed by atoms with E-state index in [9.17, 15) is 18.0 Å². The van der Waals surface area contributed by atoms with Crippen molar-refractivity contribution in [3.8, 4) is 5.75 Å². The van der Waals surface area contributed by atoms with E-state index in [1.807, 2.05) is 0 Å². The van der Waals surface area contributed by atoms with Crippen LogP contribution in [0, 0.1) is 0 Å². The molecule has 0 bridgehead atoms. The van der Waals surface area contributed by atoms with E-state index in [0.717, 1.165) is 12.1 Å². The van der Waals surface area contributed by atoms with Gasteiger partial charge in [-0.3, -0.25) is 9.48 Å². The number of benzene rings is 1. The summed E-state index contributed by atoms with van der Waals surface area (Å²) >= 11 is 5.91. The first-order chi connectivity index (χ1) is 9.81. The minimum absolute atomic E-state index is 0.192. The van der Waals surface area contributed by atoms with Gasteiger partial charge in [0.1, 0.15) is 11.4 Å². The summed E-state index contributed by atoms with van der Waals surface area (Å²) in [5, 5.41) is 4.13. The lowest BCUT2D eigenvalue weighted by Crippen LogP contribution is -2.17. The second-order valence-corrected chi connectivity index (χ2v) is 4.47. The third-order valence-corrected chi connectivity index (χ3v) is 2.94. The van der Waals surface area contributed by atoms with Crippen LogP contribution in [0.1, 0.15) is 23.0 Å². The first-order valence-corrected chi connectivity index (χ1v) is 6.31. The van der Waals surface area contributed by atoms with Crippen LogP contribution < -0.4 is 4.74 Å². The lowest BCUT2D eigenvalue weighted by Gasteiger charge is -2.09. The number of halogens is 4. The maximum Gasteiger partial charge on any atom is 0.573 e. The third-order valence-electron chi connectivity index (χ3n) is 2.66. The fourth-order valence-corrected chi connectivity index (χ4v) is 2.00. The summed E-state index contributed by atoms with van der Waals surface area (Å²) in [5.74, 6) is -0.813. The van der Waals surface area contributed by atoms with Crippen LogP contribution in [0.4, 0.5) is 13.2 Å². The Balaban J connectivity index is 2.26. The highest BCUT2D eigenvalue weighted by Gasteiger charge is 2.31. The molecule has 0 unspecified atom stereocenters. The van der Waals surface area contributed by atoms with Crippen molar-refractivity contribution in [1.29, 1.82) is 0 Å². The zero-order chi connectivity index (χ0) is 15.6. The molecule has 0 amide bonds. The molecule has 0 fully saturated rings. The molecule has 0 spiro atoms. The van der Waals surface area contributed by atoms with Gasteiger partial charge in [-0.05, 0) is 31.2 Å². The predicted octanol–water partition coefficient (Wildman–Crippen LogP) is 3.69. The molecule has 4 nitrogen and oxygen atoms in total. The topological polar surface area (TPSA) is 44.1 Å². The van der Waals surface area contributed by atoms with Gasteiger partial charge in [-0.25, -0.2) is 0 Å². The van der Waals surface area contributed by atoms with Gasteiger partial charge in [0.25, 0.3) is 0 Å². The fraction of sp³-hybridized carbons (Fsp3) is 0.231. The van der Waals surface area contributed by atoms with Gasteiger partial charge < -0.3 is 4.74 Å². The highest BCUT2D eigenvalue weighted by molar-refractivity contribution is 6.34. The second kappa shape index (κ2) is 5.77. The van der Waals surface area contributed by atoms with Crippen LogP contribution in [0.2, 0.25) is 5.02 Å². The second-order valence-electron chi connectivity index (χ2n) is 4.06. The maximum atomic E-state index is 12.3. The number of carbonyl (C=O) groups is 1. The van der Waals surface area contributed by atoms with Crippen LogP contribution in [0.3, 0.4) is 0 Å². The molecule has 8 heteroatoms. The van der Waals surface area contributed by atoms with Gasteiger partial charge in [0, 0.05) is 12.1 Å². The van der Waals surface area contributed by atoms with E-state index >= 15 is 0 Å². The molecule has 0 atom stereocenters. The van der Waals surface area contributed by atoms with Crippen molar-refractivity contribution >= 4 is 17.4 Å². The summed E-state index contributed by atoms with van der Waals surface area (Å²) in [4.78, 5) is 12.3. The molecule has 0 aliphatic heterocycles. The molecular weight excluding hydrogens is 309 g/mol. The van der Waals surface area contributed by atoms with Crippen molar-refractivity contribution in [2.24, 2.45) is 0 Å². The highest BCUT2D eigenvalue weighted by Crippen LogP contribution is 2.24. The first-order valence-electron chi connectivity index (χ1n) is 5.93. The van der Waals surface area contributed by atoms with Gasteiger partial charge >= 0.3 is 6.36 Å². The molecule has 112 valence electrons. The molecule has 0 saturated carbocycles.